The summed E-state index contributed by atoms with van der Waals surface area (Å²) in [7, 11) is 5.30. The van der Waals surface area contributed by atoms with E-state index in [-0.39, 0.29) is 0 Å². The van der Waals surface area contributed by atoms with Gasteiger partial charge in [0.05, 0.1) is 14.2 Å². The third-order valence-electron chi connectivity index (χ3n) is 2.67. The first kappa shape index (κ1) is 12.7. The molecule has 5 heteroatoms. The highest BCUT2D eigenvalue weighted by Crippen LogP contribution is 2.26. The van der Waals surface area contributed by atoms with Gasteiger partial charge in [-0.15, -0.1) is 11.3 Å². The maximum atomic E-state index is 5.37. The zero-order chi connectivity index (χ0) is 13.0. The van der Waals surface area contributed by atoms with Crippen LogP contribution in [0.2, 0.25) is 0 Å². The maximum Gasteiger partial charge on any atom is 0.154 e. The summed E-state index contributed by atoms with van der Waals surface area (Å²) in [5.41, 5.74) is 3.93. The quantitative estimate of drug-likeness (QED) is 0.830. The fourth-order valence-corrected chi connectivity index (χ4v) is 2.21. The molecule has 0 aliphatic heterocycles. The van der Waals surface area contributed by atoms with Crippen molar-refractivity contribution in [3.05, 3.63) is 34.7 Å². The molecule has 0 atom stereocenters. The molecule has 1 radical (unpaired) electrons. The summed E-state index contributed by atoms with van der Waals surface area (Å²) in [6, 6.07) is 5.82. The molecule has 0 N–H and O–H groups in total. The number of ether oxygens (including phenoxy) is 2. The predicted molar refractivity (Wildman–Crippen MR) is 72.6 cm³/mol. The second-order valence-electron chi connectivity index (χ2n) is 3.83. The monoisotopic (exact) mass is 263 g/mol. The minimum atomic E-state index is 0.727. The third kappa shape index (κ3) is 2.73. The third-order valence-corrected chi connectivity index (χ3v) is 3.20. The van der Waals surface area contributed by atoms with Crippen LogP contribution in [0.1, 0.15) is 5.56 Å². The molecule has 2 rings (SSSR count). The van der Waals surface area contributed by atoms with Gasteiger partial charge in [0.1, 0.15) is 17.3 Å². The van der Waals surface area contributed by atoms with Gasteiger partial charge in [0.25, 0.3) is 0 Å². The van der Waals surface area contributed by atoms with Crippen LogP contribution >= 0.6 is 11.3 Å². The molecule has 2 aromatic rings. The number of hydrogen-bond acceptors (Lipinski definition) is 5. The molecule has 95 valence electrons. The van der Waals surface area contributed by atoms with Crippen molar-refractivity contribution in [3.8, 4) is 11.5 Å². The molecule has 18 heavy (non-hydrogen) atoms. The zero-order valence-corrected chi connectivity index (χ0v) is 11.5. The number of nitrogens with zero attached hydrogens (tertiary/aromatic N) is 2. The van der Waals surface area contributed by atoms with E-state index in [1.54, 1.807) is 14.2 Å². The Balaban J connectivity index is 2.18. The average molecular weight is 263 g/mol. The Morgan fingerprint density at radius 2 is 2.17 bits per heavy atom. The number of rotatable bonds is 5. The highest BCUT2D eigenvalue weighted by Gasteiger charge is 2.09. The van der Waals surface area contributed by atoms with Crippen LogP contribution in [0, 0.1) is 5.51 Å². The standard InChI is InChI=1S/C13H15N2O2S/c1-15(13-8-18-9-14-13)7-10-4-5-11(16-2)6-12(10)17-3/h4-6,8H,7H2,1-3H3. The van der Waals surface area contributed by atoms with E-state index >= 15 is 0 Å². The van der Waals surface area contributed by atoms with Crippen molar-refractivity contribution in [2.75, 3.05) is 26.2 Å². The number of methoxy groups -OCH3 is 2. The molecule has 0 aliphatic carbocycles. The molecule has 0 unspecified atom stereocenters. The largest absolute Gasteiger partial charge is 0.497 e. The molecule has 0 fully saturated rings. The van der Waals surface area contributed by atoms with Gasteiger partial charge in [-0.2, -0.15) is 0 Å². The molecule has 0 bridgehead atoms. The molecule has 0 saturated carbocycles. The van der Waals surface area contributed by atoms with Gasteiger partial charge in [-0.1, -0.05) is 0 Å². The Kier molecular flexibility index (Phi) is 4.04. The minimum Gasteiger partial charge on any atom is -0.497 e. The average Bonchev–Trinajstić information content (AvgIpc) is 2.93. The first-order chi connectivity index (χ1) is 8.74. The van der Waals surface area contributed by atoms with Crippen LogP contribution < -0.4 is 14.4 Å². The lowest BCUT2D eigenvalue weighted by Crippen LogP contribution is -2.17. The van der Waals surface area contributed by atoms with E-state index < -0.39 is 0 Å². The smallest absolute Gasteiger partial charge is 0.154 e. The van der Waals surface area contributed by atoms with Gasteiger partial charge in [0.15, 0.2) is 5.51 Å². The molecule has 0 amide bonds. The lowest BCUT2D eigenvalue weighted by Gasteiger charge is -2.18. The van der Waals surface area contributed by atoms with E-state index in [9.17, 15) is 0 Å². The van der Waals surface area contributed by atoms with Crippen LogP contribution in [0.3, 0.4) is 0 Å². The summed E-state index contributed by atoms with van der Waals surface area (Å²) in [5.74, 6) is 2.53. The molecule has 0 saturated heterocycles. The van der Waals surface area contributed by atoms with Crippen LogP contribution in [0.15, 0.2) is 23.6 Å². The zero-order valence-electron chi connectivity index (χ0n) is 10.6. The van der Waals surface area contributed by atoms with E-state index in [0.29, 0.717) is 0 Å². The topological polar surface area (TPSA) is 34.6 Å². The van der Waals surface area contributed by atoms with Crippen LogP contribution in [0.25, 0.3) is 0 Å². The highest BCUT2D eigenvalue weighted by molar-refractivity contribution is 7.07. The Hall–Kier alpha value is -1.75. The summed E-state index contributed by atoms with van der Waals surface area (Å²) in [6.07, 6.45) is 0. The van der Waals surface area contributed by atoms with Crippen LogP contribution in [-0.2, 0) is 6.54 Å². The summed E-state index contributed by atoms with van der Waals surface area (Å²) < 4.78 is 10.6. The fraction of sp³-hybridized carbons (Fsp3) is 0.308. The summed E-state index contributed by atoms with van der Waals surface area (Å²) in [4.78, 5) is 6.21. The normalized spacial score (nSPS) is 10.2. The number of aromatic nitrogens is 1. The minimum absolute atomic E-state index is 0.727. The van der Waals surface area contributed by atoms with Gasteiger partial charge < -0.3 is 14.4 Å². The molecule has 1 aromatic heterocycles. The molecular formula is C13H15N2O2S. The molecule has 1 aromatic carbocycles. The van der Waals surface area contributed by atoms with Crippen molar-refractivity contribution in [1.82, 2.24) is 4.98 Å². The lowest BCUT2D eigenvalue weighted by molar-refractivity contribution is 0.391. The Morgan fingerprint density at radius 3 is 2.78 bits per heavy atom. The predicted octanol–water partition coefficient (Wildman–Crippen LogP) is 2.60. The van der Waals surface area contributed by atoms with Crippen molar-refractivity contribution in [1.29, 1.82) is 0 Å². The number of anilines is 1. The van der Waals surface area contributed by atoms with Crippen molar-refractivity contribution < 1.29 is 9.47 Å². The maximum absolute atomic E-state index is 5.37. The van der Waals surface area contributed by atoms with Gasteiger partial charge >= 0.3 is 0 Å². The van der Waals surface area contributed by atoms with Crippen LogP contribution in [0.4, 0.5) is 5.82 Å². The van der Waals surface area contributed by atoms with E-state index in [1.165, 1.54) is 11.3 Å². The molecular weight excluding hydrogens is 248 g/mol. The number of benzene rings is 1. The Labute approximate surface area is 111 Å². The lowest BCUT2D eigenvalue weighted by atomic mass is 10.2. The summed E-state index contributed by atoms with van der Waals surface area (Å²) in [5, 5.41) is 1.97. The van der Waals surface area contributed by atoms with Gasteiger partial charge in [-0.25, -0.2) is 4.98 Å². The van der Waals surface area contributed by atoms with Gasteiger partial charge in [0, 0.05) is 30.6 Å². The van der Waals surface area contributed by atoms with E-state index in [0.717, 1.165) is 29.4 Å². The number of thiazole rings is 1. The van der Waals surface area contributed by atoms with Crippen molar-refractivity contribution in [2.24, 2.45) is 0 Å². The van der Waals surface area contributed by atoms with Crippen LogP contribution in [0.5, 0.6) is 11.5 Å². The van der Waals surface area contributed by atoms with E-state index in [1.807, 2.05) is 30.6 Å². The first-order valence-corrected chi connectivity index (χ1v) is 6.36. The van der Waals surface area contributed by atoms with E-state index in [4.69, 9.17) is 9.47 Å². The number of hydrogen-bond donors (Lipinski definition) is 0. The second-order valence-corrected chi connectivity index (χ2v) is 4.48. The second kappa shape index (κ2) is 5.73. The van der Waals surface area contributed by atoms with Crippen molar-refractivity contribution in [3.63, 3.8) is 0 Å². The van der Waals surface area contributed by atoms with Crippen molar-refractivity contribution in [2.45, 2.75) is 6.54 Å². The van der Waals surface area contributed by atoms with Gasteiger partial charge in [-0.05, 0) is 12.1 Å². The fourth-order valence-electron chi connectivity index (χ4n) is 1.67. The van der Waals surface area contributed by atoms with Crippen molar-refractivity contribution >= 4 is 17.2 Å². The Morgan fingerprint density at radius 1 is 1.33 bits per heavy atom. The van der Waals surface area contributed by atoms with Gasteiger partial charge in [0.2, 0.25) is 0 Å². The first-order valence-electron chi connectivity index (χ1n) is 5.48. The highest BCUT2D eigenvalue weighted by atomic mass is 32.1. The Bertz CT molecular complexity index is 500. The van der Waals surface area contributed by atoms with E-state index in [2.05, 4.69) is 15.4 Å². The molecule has 4 nitrogen and oxygen atoms in total. The van der Waals surface area contributed by atoms with Crippen LogP contribution in [-0.4, -0.2) is 26.3 Å². The molecule has 0 spiro atoms. The van der Waals surface area contributed by atoms with Gasteiger partial charge in [-0.3, -0.25) is 0 Å². The summed E-state index contributed by atoms with van der Waals surface area (Å²) >= 11 is 1.47. The SMILES string of the molecule is COc1ccc(CN(C)c2cs[c]n2)c(OC)c1. The molecule has 1 heterocycles. The summed E-state index contributed by atoms with van der Waals surface area (Å²) in [6.45, 7) is 0.727. The molecule has 0 aliphatic rings.